The van der Waals surface area contributed by atoms with E-state index in [0.717, 1.165) is 12.0 Å². The molecule has 0 aromatic carbocycles. The molecule has 1 aliphatic rings. The Morgan fingerprint density at radius 2 is 1.06 bits per heavy atom. The monoisotopic (exact) mass is 606 g/mol. The summed E-state index contributed by atoms with van der Waals surface area (Å²) < 4.78 is 68.3. The van der Waals surface area contributed by atoms with E-state index < -0.39 is 71.3 Å². The Labute approximate surface area is 194 Å². The smallest absolute Gasteiger partial charge is 0.483 e. The topological polar surface area (TPSA) is 244 Å². The second kappa shape index (κ2) is 12.6. The molecule has 13 nitrogen and oxygen atoms in total. The fourth-order valence-corrected chi connectivity index (χ4v) is 95.6. The third-order valence-corrected chi connectivity index (χ3v) is 102. The highest BCUT2D eigenvalue weighted by Gasteiger charge is 2.91. The van der Waals surface area contributed by atoms with Crippen LogP contribution in [-0.2, 0) is 26.8 Å². The van der Waals surface area contributed by atoms with Crippen molar-refractivity contribution in [3.05, 3.63) is 12.2 Å². The lowest BCUT2D eigenvalue weighted by molar-refractivity contribution is 0.439. The van der Waals surface area contributed by atoms with E-state index in [1.807, 2.05) is 13.1 Å². The molecule has 0 aliphatic heterocycles. The molecule has 0 aromatic heterocycles. The zero-order chi connectivity index (χ0) is 25.5. The molecule has 1 unspecified atom stereocenters. The van der Waals surface area contributed by atoms with Crippen LogP contribution in [0.1, 0.15) is 25.7 Å². The maximum Gasteiger partial charge on any atom is 0.483 e. The Balaban J connectivity index is 0.000000677. The number of rotatable bonds is 10. The molecule has 7 N–H and O–H groups in total. The molecule has 0 amide bonds. The van der Waals surface area contributed by atoms with E-state index in [-0.39, 0.29) is 0 Å². The maximum atomic E-state index is 11.4. The molecule has 180 valence electrons. The van der Waals surface area contributed by atoms with Gasteiger partial charge in [0.25, 0.3) is 0 Å². The highest BCUT2D eigenvalue weighted by atomic mass is 30.4. The van der Waals surface area contributed by atoms with Crippen LogP contribution in [0.25, 0.3) is 0 Å². The quantitative estimate of drug-likeness (QED) is 0.0922. The van der Waals surface area contributed by atoms with Gasteiger partial charge in [0.1, 0.15) is 0 Å². The SMILES string of the molecule is C[Si](C)(O)CCC1CC=CCC1.O=[Si](O)[Si]([Si](=O)O)([Si](=O)O)[Si]([Si](=O)O)([Si](=O)O)[Si](=O)O. The standard InChI is InChI=1S/C10H20OSi.H6O12Si8/c1-12(2,11)9-8-10-6-4-3-5-7-10;1-13(2)19(14(3)4,15(5)6)20(16(7)8,17(9)10)18(11)12/h3-4,10-11H,5-9H2,1-2H3;1,3,5,7,9,11H. The summed E-state index contributed by atoms with van der Waals surface area (Å²) in [6, 6.07) is 1.07. The summed E-state index contributed by atoms with van der Waals surface area (Å²) in [6.07, 6.45) is -1.58. The van der Waals surface area contributed by atoms with Crippen LogP contribution >= 0.6 is 0 Å². The van der Waals surface area contributed by atoms with Gasteiger partial charge in [-0.05, 0) is 44.3 Å². The number of hydrogen-bond acceptors (Lipinski definition) is 7. The van der Waals surface area contributed by atoms with Gasteiger partial charge >= 0.3 is 63.0 Å². The first-order valence-electron chi connectivity index (χ1n) is 9.27. The Hall–Kier alpha value is -0.748. The Morgan fingerprint density at radius 1 is 0.719 bits per heavy atom. The summed E-state index contributed by atoms with van der Waals surface area (Å²) in [5.74, 6) is 0.855. The van der Waals surface area contributed by atoms with E-state index in [2.05, 4.69) is 12.2 Å². The van der Waals surface area contributed by atoms with E-state index >= 15 is 0 Å². The average molecular weight is 607 g/mol. The minimum absolute atomic E-state index is 0.855. The van der Waals surface area contributed by atoms with Crippen LogP contribution in [-0.4, -0.2) is 105 Å². The van der Waals surface area contributed by atoms with Crippen molar-refractivity contribution in [2.75, 3.05) is 0 Å². The fourth-order valence-electron chi connectivity index (χ4n) is 3.19. The van der Waals surface area contributed by atoms with Crippen molar-refractivity contribution < 1.29 is 60.3 Å². The molecular weight excluding hydrogens is 581 g/mol. The first kappa shape index (κ1) is 31.3. The van der Waals surface area contributed by atoms with Gasteiger partial charge in [0, 0.05) is 0 Å². The third-order valence-electron chi connectivity index (χ3n) is 5.03. The molecule has 32 heavy (non-hydrogen) atoms. The van der Waals surface area contributed by atoms with E-state index in [1.165, 1.54) is 25.7 Å². The Kier molecular flexibility index (Phi) is 12.3. The largest absolute Gasteiger partial charge is 0.542 e. The summed E-state index contributed by atoms with van der Waals surface area (Å²) in [6.45, 7) is 4.07. The Bertz CT molecular complexity index is 701. The first-order valence-corrected chi connectivity index (χ1v) is 31.6. The molecule has 0 saturated heterocycles. The fraction of sp³-hybridized carbons (Fsp3) is 0.800. The summed E-state index contributed by atoms with van der Waals surface area (Å²) in [4.78, 5) is 64.6. The van der Waals surface area contributed by atoms with E-state index in [0.29, 0.717) is 0 Å². The minimum atomic E-state index is -5.60. The van der Waals surface area contributed by atoms with Gasteiger partial charge in [-0.3, -0.25) is 0 Å². The van der Waals surface area contributed by atoms with Crippen LogP contribution in [0.2, 0.25) is 19.1 Å². The van der Waals surface area contributed by atoms with Gasteiger partial charge in [0.05, 0.1) is 0 Å². The van der Waals surface area contributed by atoms with Crippen molar-refractivity contribution in [2.24, 2.45) is 5.92 Å². The molecule has 0 heterocycles. The van der Waals surface area contributed by atoms with Gasteiger partial charge in [-0.15, -0.1) is 0 Å². The molecule has 0 fully saturated rings. The highest BCUT2D eigenvalue weighted by molar-refractivity contribution is 8.14. The molecule has 1 atom stereocenters. The van der Waals surface area contributed by atoms with Crippen LogP contribution in [0.3, 0.4) is 0 Å². The first-order chi connectivity index (χ1) is 14.5. The summed E-state index contributed by atoms with van der Waals surface area (Å²) in [5.41, 5.74) is 0. The average Bonchev–Trinajstić information content (AvgIpc) is 2.63. The lowest BCUT2D eigenvalue weighted by Gasteiger charge is -2.23. The molecule has 0 radical (unpaired) electrons. The van der Waals surface area contributed by atoms with Crippen LogP contribution in [0.15, 0.2) is 12.2 Å². The molecule has 0 aromatic rings. The van der Waals surface area contributed by atoms with Crippen molar-refractivity contribution >= 4 is 71.3 Å². The van der Waals surface area contributed by atoms with E-state index in [4.69, 9.17) is 28.8 Å². The second-order valence-corrected chi connectivity index (χ2v) is 62.3. The Morgan fingerprint density at radius 3 is 1.28 bits per heavy atom. The second-order valence-electron chi connectivity index (χ2n) is 7.83. The number of hydrogen-bond donors (Lipinski definition) is 7. The van der Waals surface area contributed by atoms with Crippen molar-refractivity contribution in [2.45, 2.75) is 44.8 Å². The van der Waals surface area contributed by atoms with Gasteiger partial charge in [-0.2, -0.15) is 0 Å². The van der Waals surface area contributed by atoms with Crippen LogP contribution < -0.4 is 0 Å². The predicted molar refractivity (Wildman–Crippen MR) is 119 cm³/mol. The zero-order valence-electron chi connectivity index (χ0n) is 17.3. The third kappa shape index (κ3) is 6.88. The van der Waals surface area contributed by atoms with Crippen LogP contribution in [0.5, 0.6) is 0 Å². The van der Waals surface area contributed by atoms with Crippen molar-refractivity contribution in [3.63, 3.8) is 0 Å². The molecule has 1 aliphatic carbocycles. The van der Waals surface area contributed by atoms with Crippen LogP contribution in [0, 0.1) is 5.92 Å². The van der Waals surface area contributed by atoms with Gasteiger partial charge in [0.15, 0.2) is 8.32 Å². The molecule has 22 heteroatoms. The summed E-state index contributed by atoms with van der Waals surface area (Å²) in [7, 11) is -28.8. The van der Waals surface area contributed by atoms with Gasteiger partial charge in [0.2, 0.25) is 0 Å². The molecule has 0 saturated carbocycles. The highest BCUT2D eigenvalue weighted by Crippen LogP contribution is 2.25. The predicted octanol–water partition coefficient (Wildman–Crippen LogP) is -4.17. The number of allylic oxidation sites excluding steroid dienone is 2. The van der Waals surface area contributed by atoms with Crippen molar-refractivity contribution in [1.29, 1.82) is 0 Å². The lowest BCUT2D eigenvalue weighted by atomic mass is 9.92. The molecule has 0 spiro atoms. The van der Waals surface area contributed by atoms with E-state index in [9.17, 15) is 31.6 Å². The van der Waals surface area contributed by atoms with Crippen LogP contribution in [0.4, 0.5) is 0 Å². The molecular formula is C10H26O13Si9. The normalized spacial score (nSPS) is 16.3. The molecule has 1 rings (SSSR count). The van der Waals surface area contributed by atoms with Crippen molar-refractivity contribution in [1.82, 2.24) is 0 Å². The zero-order valence-corrected chi connectivity index (χ0v) is 26.3. The van der Waals surface area contributed by atoms with Gasteiger partial charge < -0.3 is 60.3 Å². The summed E-state index contributed by atoms with van der Waals surface area (Å²) in [5, 5.41) is 0. The van der Waals surface area contributed by atoms with Crippen molar-refractivity contribution in [3.8, 4) is 0 Å². The minimum Gasteiger partial charge on any atom is -0.542 e. The van der Waals surface area contributed by atoms with Gasteiger partial charge in [-0.25, -0.2) is 0 Å². The van der Waals surface area contributed by atoms with E-state index in [1.54, 1.807) is 0 Å². The summed E-state index contributed by atoms with van der Waals surface area (Å²) >= 11 is 0. The maximum absolute atomic E-state index is 11.4. The lowest BCUT2D eigenvalue weighted by Crippen LogP contribution is -2.91. The molecule has 0 bridgehead atoms. The van der Waals surface area contributed by atoms with Gasteiger partial charge in [-0.1, -0.05) is 18.6 Å².